The molecule has 100 valence electrons. The molecular formula is C14H21NO3. The fourth-order valence-corrected chi connectivity index (χ4v) is 3.12. The van der Waals surface area contributed by atoms with Gasteiger partial charge in [-0.05, 0) is 12.1 Å². The Morgan fingerprint density at radius 3 is 2.89 bits per heavy atom. The first-order valence-corrected chi connectivity index (χ1v) is 6.74. The van der Waals surface area contributed by atoms with Crippen LogP contribution < -0.4 is 0 Å². The van der Waals surface area contributed by atoms with Crippen molar-refractivity contribution in [2.24, 2.45) is 5.92 Å². The van der Waals surface area contributed by atoms with Crippen LogP contribution in [0.5, 0.6) is 0 Å². The van der Waals surface area contributed by atoms with E-state index >= 15 is 0 Å². The summed E-state index contributed by atoms with van der Waals surface area (Å²) in [6, 6.07) is 4.65. The average molecular weight is 251 g/mol. The van der Waals surface area contributed by atoms with E-state index in [4.69, 9.17) is 13.9 Å². The van der Waals surface area contributed by atoms with Gasteiger partial charge in [-0.3, -0.25) is 4.90 Å². The van der Waals surface area contributed by atoms with E-state index in [1.54, 1.807) is 7.11 Å². The van der Waals surface area contributed by atoms with Crippen molar-refractivity contribution in [1.29, 1.82) is 0 Å². The number of ether oxygens (including phenoxy) is 2. The minimum atomic E-state index is 0.304. The Morgan fingerprint density at radius 1 is 1.33 bits per heavy atom. The van der Waals surface area contributed by atoms with Crippen molar-refractivity contribution < 1.29 is 13.9 Å². The maximum atomic E-state index is 5.79. The first-order valence-electron chi connectivity index (χ1n) is 6.74. The molecule has 1 aromatic rings. The summed E-state index contributed by atoms with van der Waals surface area (Å²) in [7, 11) is 1.80. The van der Waals surface area contributed by atoms with E-state index in [9.17, 15) is 0 Å². The van der Waals surface area contributed by atoms with Gasteiger partial charge in [-0.25, -0.2) is 0 Å². The zero-order valence-electron chi connectivity index (χ0n) is 11.1. The Balaban J connectivity index is 1.69. The average Bonchev–Trinajstić information content (AvgIpc) is 3.06. The van der Waals surface area contributed by atoms with Crippen molar-refractivity contribution >= 4 is 0 Å². The lowest BCUT2D eigenvalue weighted by Gasteiger charge is -2.20. The Hall–Kier alpha value is -0.840. The Labute approximate surface area is 108 Å². The second kappa shape index (κ2) is 5.03. The second-order valence-corrected chi connectivity index (χ2v) is 5.19. The molecule has 0 amide bonds. The van der Waals surface area contributed by atoms with Crippen LogP contribution in [0.2, 0.25) is 0 Å². The molecule has 0 bridgehead atoms. The number of fused-ring (bicyclic) bond motifs is 1. The van der Waals surface area contributed by atoms with Crippen LogP contribution >= 0.6 is 0 Å². The van der Waals surface area contributed by atoms with E-state index in [1.165, 1.54) is 0 Å². The summed E-state index contributed by atoms with van der Waals surface area (Å²) in [5.41, 5.74) is 0. The molecule has 0 spiro atoms. The number of hydrogen-bond donors (Lipinski definition) is 0. The van der Waals surface area contributed by atoms with Gasteiger partial charge in [-0.2, -0.15) is 0 Å². The normalized spacial score (nSPS) is 32.0. The standard InChI is InChI=1S/C14H21NO3/c1-3-10-4-5-11(18-10)6-15-7-14(16-2)12-8-17-9-13(12)15/h4-5,12-14H,3,6-9H2,1-2H3/t12-,13+,14-/m0/s1. The Bertz CT molecular complexity index is 403. The lowest BCUT2D eigenvalue weighted by atomic mass is 10.0. The molecule has 0 aromatic carbocycles. The molecule has 2 fully saturated rings. The summed E-state index contributed by atoms with van der Waals surface area (Å²) in [5, 5.41) is 0. The van der Waals surface area contributed by atoms with E-state index in [-0.39, 0.29) is 0 Å². The van der Waals surface area contributed by atoms with Gasteiger partial charge in [0.15, 0.2) is 0 Å². The predicted octanol–water partition coefficient (Wildman–Crippen LogP) is 1.69. The molecule has 3 atom stereocenters. The minimum absolute atomic E-state index is 0.304. The molecule has 0 N–H and O–H groups in total. The highest BCUT2D eigenvalue weighted by Gasteiger charge is 2.45. The number of likely N-dealkylation sites (tertiary alicyclic amines) is 1. The maximum absolute atomic E-state index is 5.79. The predicted molar refractivity (Wildman–Crippen MR) is 67.4 cm³/mol. The Morgan fingerprint density at radius 2 is 2.17 bits per heavy atom. The zero-order valence-corrected chi connectivity index (χ0v) is 11.1. The van der Waals surface area contributed by atoms with E-state index < -0.39 is 0 Å². The van der Waals surface area contributed by atoms with Crippen molar-refractivity contribution in [3.63, 3.8) is 0 Å². The van der Waals surface area contributed by atoms with E-state index in [2.05, 4.69) is 24.0 Å². The smallest absolute Gasteiger partial charge is 0.118 e. The molecular weight excluding hydrogens is 230 g/mol. The summed E-state index contributed by atoms with van der Waals surface area (Å²) in [6.45, 7) is 5.62. The molecule has 2 aliphatic heterocycles. The first-order chi connectivity index (χ1) is 8.81. The molecule has 2 aliphatic rings. The van der Waals surface area contributed by atoms with Crippen molar-refractivity contribution in [2.45, 2.75) is 32.0 Å². The largest absolute Gasteiger partial charge is 0.465 e. The number of methoxy groups -OCH3 is 1. The van der Waals surface area contributed by atoms with Crippen molar-refractivity contribution in [2.75, 3.05) is 26.9 Å². The molecule has 0 radical (unpaired) electrons. The van der Waals surface area contributed by atoms with E-state index in [1.807, 2.05) is 0 Å². The third kappa shape index (κ3) is 2.09. The molecule has 18 heavy (non-hydrogen) atoms. The molecule has 4 heteroatoms. The number of aryl methyl sites for hydroxylation is 1. The summed E-state index contributed by atoms with van der Waals surface area (Å²) in [5.74, 6) is 2.64. The van der Waals surface area contributed by atoms with E-state index in [0.29, 0.717) is 18.1 Å². The molecule has 4 nitrogen and oxygen atoms in total. The van der Waals surface area contributed by atoms with Gasteiger partial charge in [0.1, 0.15) is 11.5 Å². The third-order valence-electron chi connectivity index (χ3n) is 4.18. The number of rotatable bonds is 4. The summed E-state index contributed by atoms with van der Waals surface area (Å²) in [6.07, 6.45) is 1.26. The summed E-state index contributed by atoms with van der Waals surface area (Å²) in [4.78, 5) is 2.43. The van der Waals surface area contributed by atoms with Crippen molar-refractivity contribution in [3.05, 3.63) is 23.7 Å². The first kappa shape index (κ1) is 12.2. The fourth-order valence-electron chi connectivity index (χ4n) is 3.12. The van der Waals surface area contributed by atoms with Crippen molar-refractivity contribution in [3.8, 4) is 0 Å². The summed E-state index contributed by atoms with van der Waals surface area (Å²) < 4.78 is 16.9. The maximum Gasteiger partial charge on any atom is 0.118 e. The Kier molecular flexibility index (Phi) is 3.41. The van der Waals surface area contributed by atoms with Gasteiger partial charge in [0.05, 0.1) is 25.9 Å². The van der Waals surface area contributed by atoms with Crippen LogP contribution in [0.4, 0.5) is 0 Å². The minimum Gasteiger partial charge on any atom is -0.465 e. The highest BCUT2D eigenvalue weighted by Crippen LogP contribution is 2.33. The highest BCUT2D eigenvalue weighted by molar-refractivity contribution is 5.08. The molecule has 1 aromatic heterocycles. The van der Waals surface area contributed by atoms with Gasteiger partial charge in [0.25, 0.3) is 0 Å². The quantitative estimate of drug-likeness (QED) is 0.815. The van der Waals surface area contributed by atoms with Crippen LogP contribution in [-0.4, -0.2) is 43.9 Å². The van der Waals surface area contributed by atoms with Crippen LogP contribution in [0.1, 0.15) is 18.4 Å². The fraction of sp³-hybridized carbons (Fsp3) is 0.714. The SMILES string of the molecule is CCc1ccc(CN2C[C@H](OC)[C@H]3COC[C@H]32)o1. The van der Waals surface area contributed by atoms with Crippen LogP contribution in [0.15, 0.2) is 16.5 Å². The van der Waals surface area contributed by atoms with Gasteiger partial charge in [0.2, 0.25) is 0 Å². The second-order valence-electron chi connectivity index (χ2n) is 5.19. The molecule has 3 heterocycles. The molecule has 0 unspecified atom stereocenters. The topological polar surface area (TPSA) is 34.8 Å². The zero-order chi connectivity index (χ0) is 12.5. The number of furan rings is 1. The lowest BCUT2D eigenvalue weighted by Crippen LogP contribution is -2.32. The number of hydrogen-bond acceptors (Lipinski definition) is 4. The number of nitrogens with zero attached hydrogens (tertiary/aromatic N) is 1. The van der Waals surface area contributed by atoms with E-state index in [0.717, 1.165) is 44.2 Å². The van der Waals surface area contributed by atoms with Crippen LogP contribution in [0.3, 0.4) is 0 Å². The van der Waals surface area contributed by atoms with Crippen LogP contribution in [0.25, 0.3) is 0 Å². The molecule has 0 saturated carbocycles. The highest BCUT2D eigenvalue weighted by atomic mass is 16.5. The lowest BCUT2D eigenvalue weighted by molar-refractivity contribution is 0.0525. The molecule has 2 saturated heterocycles. The third-order valence-corrected chi connectivity index (χ3v) is 4.18. The monoisotopic (exact) mass is 251 g/mol. The molecule has 0 aliphatic carbocycles. The summed E-state index contributed by atoms with van der Waals surface area (Å²) >= 11 is 0. The van der Waals surface area contributed by atoms with Crippen LogP contribution in [0, 0.1) is 5.92 Å². The van der Waals surface area contributed by atoms with Crippen molar-refractivity contribution in [1.82, 2.24) is 4.90 Å². The van der Waals surface area contributed by atoms with Crippen LogP contribution in [-0.2, 0) is 22.4 Å². The van der Waals surface area contributed by atoms with Gasteiger partial charge in [0, 0.05) is 32.0 Å². The van der Waals surface area contributed by atoms with Gasteiger partial charge in [-0.1, -0.05) is 6.92 Å². The van der Waals surface area contributed by atoms with Gasteiger partial charge >= 0.3 is 0 Å². The molecule has 3 rings (SSSR count). The van der Waals surface area contributed by atoms with Gasteiger partial charge < -0.3 is 13.9 Å². The van der Waals surface area contributed by atoms with Gasteiger partial charge in [-0.15, -0.1) is 0 Å².